The number of nitrogens with zero attached hydrogens (tertiary/aromatic N) is 2. The Balaban J connectivity index is 1.64. The number of aromatic nitrogens is 2. The first-order valence-electron chi connectivity index (χ1n) is 9.55. The van der Waals surface area contributed by atoms with E-state index in [2.05, 4.69) is 39.6 Å². The van der Waals surface area contributed by atoms with Gasteiger partial charge in [-0.3, -0.25) is 9.59 Å². The maximum Gasteiger partial charge on any atom is 0.322 e. The topological polar surface area (TPSA) is 112 Å². The average Bonchev–Trinajstić information content (AvgIpc) is 2.70. The van der Waals surface area contributed by atoms with Crippen molar-refractivity contribution >= 4 is 11.9 Å². The van der Waals surface area contributed by atoms with E-state index >= 15 is 0 Å². The van der Waals surface area contributed by atoms with Crippen LogP contribution in [0.4, 0.5) is 0 Å². The van der Waals surface area contributed by atoms with Gasteiger partial charge in [0, 0.05) is 6.42 Å². The van der Waals surface area contributed by atoms with Gasteiger partial charge in [0.25, 0.3) is 5.91 Å². The molecule has 7 heteroatoms. The van der Waals surface area contributed by atoms with Gasteiger partial charge in [0.05, 0.1) is 5.69 Å². The number of hydrogen-bond acceptors (Lipinski definition) is 5. The van der Waals surface area contributed by atoms with Crippen molar-refractivity contribution in [1.29, 1.82) is 0 Å². The number of carbonyl (C=O) groups is 2. The number of aliphatic carboxylic acids is 1. The lowest BCUT2D eigenvalue weighted by Gasteiger charge is -2.28. The van der Waals surface area contributed by atoms with Crippen molar-refractivity contribution in [2.24, 2.45) is 5.92 Å². The van der Waals surface area contributed by atoms with Crippen LogP contribution in [0.5, 0.6) is 5.75 Å². The van der Waals surface area contributed by atoms with Crippen LogP contribution in [-0.2, 0) is 11.2 Å². The first-order chi connectivity index (χ1) is 13.4. The van der Waals surface area contributed by atoms with Crippen molar-refractivity contribution < 1.29 is 19.8 Å². The monoisotopic (exact) mass is 383 g/mol. The molecule has 1 aromatic carbocycles. The third-order valence-corrected chi connectivity index (χ3v) is 5.31. The Hall–Kier alpha value is -2.96. The highest BCUT2D eigenvalue weighted by Gasteiger charge is 2.25. The summed E-state index contributed by atoms with van der Waals surface area (Å²) >= 11 is 0. The Kier molecular flexibility index (Phi) is 6.23. The number of amides is 1. The molecule has 3 N–H and O–H groups in total. The molecule has 0 unspecified atom stereocenters. The molecule has 1 aliphatic carbocycles. The quantitative estimate of drug-likeness (QED) is 0.707. The Morgan fingerprint density at radius 2 is 1.79 bits per heavy atom. The summed E-state index contributed by atoms with van der Waals surface area (Å²) in [5.74, 6) is -0.650. The van der Waals surface area contributed by atoms with E-state index < -0.39 is 18.4 Å². The fourth-order valence-electron chi connectivity index (χ4n) is 3.80. The van der Waals surface area contributed by atoms with Crippen molar-refractivity contribution in [2.45, 2.75) is 44.9 Å². The van der Waals surface area contributed by atoms with E-state index in [0.717, 1.165) is 25.7 Å². The number of aryl methyl sites for hydroxylation is 1. The van der Waals surface area contributed by atoms with Crippen molar-refractivity contribution in [3.05, 3.63) is 53.1 Å². The molecule has 148 valence electrons. The molecule has 0 aliphatic heterocycles. The van der Waals surface area contributed by atoms with E-state index in [0.29, 0.717) is 29.8 Å². The molecule has 28 heavy (non-hydrogen) atoms. The minimum atomic E-state index is -1.16. The van der Waals surface area contributed by atoms with Crippen LogP contribution in [-0.4, -0.2) is 38.6 Å². The smallest absolute Gasteiger partial charge is 0.322 e. The van der Waals surface area contributed by atoms with Crippen LogP contribution in [0.1, 0.15) is 59.2 Å². The van der Waals surface area contributed by atoms with Crippen molar-refractivity contribution in [3.8, 4) is 5.75 Å². The van der Waals surface area contributed by atoms with Gasteiger partial charge in [0.2, 0.25) is 0 Å². The fourth-order valence-corrected chi connectivity index (χ4v) is 3.80. The van der Waals surface area contributed by atoms with Crippen LogP contribution in [0.3, 0.4) is 0 Å². The van der Waals surface area contributed by atoms with E-state index in [1.54, 1.807) is 6.92 Å². The predicted molar refractivity (Wildman–Crippen MR) is 103 cm³/mol. The molecule has 0 radical (unpaired) electrons. The molecule has 0 atom stereocenters. The molecule has 3 rings (SSSR count). The van der Waals surface area contributed by atoms with Gasteiger partial charge in [0.1, 0.15) is 12.4 Å². The molecule has 1 amide bonds. The minimum Gasteiger partial charge on any atom is -0.504 e. The number of carboxylic acids is 1. The minimum absolute atomic E-state index is 0.165. The number of hydrogen-bond donors (Lipinski definition) is 3. The molecule has 1 aliphatic rings. The highest BCUT2D eigenvalue weighted by Crippen LogP contribution is 2.36. The van der Waals surface area contributed by atoms with Gasteiger partial charge in [-0.05, 0) is 50.0 Å². The van der Waals surface area contributed by atoms with Crippen LogP contribution in [0, 0.1) is 12.8 Å². The molecule has 0 spiro atoms. The van der Waals surface area contributed by atoms with E-state index in [1.807, 2.05) is 6.07 Å². The normalized spacial score (nSPS) is 19.2. The zero-order chi connectivity index (χ0) is 20.1. The largest absolute Gasteiger partial charge is 0.504 e. The van der Waals surface area contributed by atoms with Gasteiger partial charge in [-0.1, -0.05) is 30.3 Å². The lowest BCUT2D eigenvalue weighted by Crippen LogP contribution is -2.30. The van der Waals surface area contributed by atoms with Crippen molar-refractivity contribution in [2.75, 3.05) is 6.54 Å². The molecular formula is C21H25N3O4. The van der Waals surface area contributed by atoms with E-state index in [9.17, 15) is 14.7 Å². The first-order valence-corrected chi connectivity index (χ1v) is 9.55. The SMILES string of the molecule is Cc1nc(CC2CCC(c3ccccc3)CC2)nc(C(=O)NCC(=O)O)c1O. The fraction of sp³-hybridized carbons (Fsp3) is 0.429. The highest BCUT2D eigenvalue weighted by atomic mass is 16.4. The summed E-state index contributed by atoms with van der Waals surface area (Å²) < 4.78 is 0. The summed E-state index contributed by atoms with van der Waals surface area (Å²) in [4.78, 5) is 31.3. The van der Waals surface area contributed by atoms with Gasteiger partial charge in [-0.25, -0.2) is 9.97 Å². The van der Waals surface area contributed by atoms with Crippen LogP contribution in [0.2, 0.25) is 0 Å². The Bertz CT molecular complexity index is 846. The van der Waals surface area contributed by atoms with Gasteiger partial charge in [0.15, 0.2) is 11.4 Å². The Morgan fingerprint density at radius 1 is 1.11 bits per heavy atom. The summed E-state index contributed by atoms with van der Waals surface area (Å²) in [7, 11) is 0. The van der Waals surface area contributed by atoms with Crippen LogP contribution >= 0.6 is 0 Å². The number of carboxylic acid groups (broad SMARTS) is 1. The van der Waals surface area contributed by atoms with E-state index in [1.165, 1.54) is 5.56 Å². The molecule has 0 bridgehead atoms. The second-order valence-electron chi connectivity index (χ2n) is 7.33. The summed E-state index contributed by atoms with van der Waals surface area (Å²) in [6, 6.07) is 10.5. The van der Waals surface area contributed by atoms with E-state index in [-0.39, 0.29) is 11.4 Å². The van der Waals surface area contributed by atoms with Crippen LogP contribution in [0.15, 0.2) is 30.3 Å². The summed E-state index contributed by atoms with van der Waals surface area (Å²) in [5, 5.41) is 21.0. The molecule has 2 aromatic rings. The molecule has 1 heterocycles. The molecule has 1 aromatic heterocycles. The number of rotatable bonds is 6. The Labute approximate surface area is 163 Å². The Morgan fingerprint density at radius 3 is 2.43 bits per heavy atom. The van der Waals surface area contributed by atoms with Crippen LogP contribution < -0.4 is 5.32 Å². The molecule has 1 saturated carbocycles. The maximum atomic E-state index is 12.1. The average molecular weight is 383 g/mol. The van der Waals surface area contributed by atoms with Gasteiger partial charge in [-0.2, -0.15) is 0 Å². The second-order valence-corrected chi connectivity index (χ2v) is 7.33. The van der Waals surface area contributed by atoms with Gasteiger partial charge >= 0.3 is 5.97 Å². The van der Waals surface area contributed by atoms with E-state index in [4.69, 9.17) is 5.11 Å². The standard InChI is InChI=1S/C21H25N3O4/c1-13-20(27)19(21(28)22-12-18(25)26)24-17(23-13)11-14-7-9-16(10-8-14)15-5-3-2-4-6-15/h2-6,14,16,27H,7-12H2,1H3,(H,22,28)(H,25,26). The van der Waals surface area contributed by atoms with Crippen molar-refractivity contribution in [3.63, 3.8) is 0 Å². The number of benzene rings is 1. The summed E-state index contributed by atoms with van der Waals surface area (Å²) in [6.45, 7) is 1.08. The third kappa shape index (κ3) is 4.85. The number of nitrogens with one attached hydrogen (secondary N) is 1. The zero-order valence-corrected chi connectivity index (χ0v) is 15.9. The van der Waals surface area contributed by atoms with Crippen molar-refractivity contribution in [1.82, 2.24) is 15.3 Å². The van der Waals surface area contributed by atoms with Gasteiger partial charge < -0.3 is 15.5 Å². The predicted octanol–water partition coefficient (Wildman–Crippen LogP) is 2.82. The summed E-state index contributed by atoms with van der Waals surface area (Å²) in [5.41, 5.74) is 1.54. The zero-order valence-electron chi connectivity index (χ0n) is 15.9. The molecule has 1 fully saturated rings. The lowest BCUT2D eigenvalue weighted by atomic mass is 9.77. The molecular weight excluding hydrogens is 358 g/mol. The maximum absolute atomic E-state index is 12.1. The highest BCUT2D eigenvalue weighted by molar-refractivity contribution is 5.96. The number of carbonyl (C=O) groups excluding carboxylic acids is 1. The third-order valence-electron chi connectivity index (χ3n) is 5.31. The van der Waals surface area contributed by atoms with Gasteiger partial charge in [-0.15, -0.1) is 0 Å². The summed E-state index contributed by atoms with van der Waals surface area (Å²) in [6.07, 6.45) is 4.98. The second kappa shape index (κ2) is 8.82. The lowest BCUT2D eigenvalue weighted by molar-refractivity contribution is -0.135. The number of aromatic hydroxyl groups is 1. The molecule has 0 saturated heterocycles. The first kappa shape index (κ1) is 19.8. The van der Waals surface area contributed by atoms with Crippen LogP contribution in [0.25, 0.3) is 0 Å². The molecule has 7 nitrogen and oxygen atoms in total.